The molecule has 2 N–H and O–H groups in total. The highest BCUT2D eigenvalue weighted by Gasteiger charge is 2.32. The molecule has 24 heavy (non-hydrogen) atoms. The van der Waals surface area contributed by atoms with Gasteiger partial charge < -0.3 is 15.2 Å². The summed E-state index contributed by atoms with van der Waals surface area (Å²) < 4.78 is 40.3. The Morgan fingerprint density at radius 2 is 2.17 bits per heavy atom. The minimum Gasteiger partial charge on any atom is -0.502 e. The number of ether oxygens (including phenoxy) is 1. The van der Waals surface area contributed by atoms with Crippen LogP contribution in [0.15, 0.2) is 22.3 Å². The number of thioether (sulfide) groups is 1. The van der Waals surface area contributed by atoms with Crippen LogP contribution in [0.2, 0.25) is 0 Å². The summed E-state index contributed by atoms with van der Waals surface area (Å²) in [5.74, 6) is -1.96. The first-order chi connectivity index (χ1) is 11.2. The quantitative estimate of drug-likeness (QED) is 0.476. The number of phenols is 1. The van der Waals surface area contributed by atoms with Crippen molar-refractivity contribution in [2.75, 3.05) is 5.75 Å². The third-order valence-electron chi connectivity index (χ3n) is 2.45. The van der Waals surface area contributed by atoms with Gasteiger partial charge >= 0.3 is 12.0 Å². The van der Waals surface area contributed by atoms with E-state index in [0.29, 0.717) is 12.1 Å². The third kappa shape index (κ3) is 4.58. The van der Waals surface area contributed by atoms with Gasteiger partial charge in [0.1, 0.15) is 5.75 Å². The molecular weight excluding hydrogens is 357 g/mol. The number of rotatable bonds is 4. The zero-order valence-electron chi connectivity index (χ0n) is 11.4. The molecule has 0 saturated carbocycles. The van der Waals surface area contributed by atoms with Crippen LogP contribution in [-0.2, 0) is 4.79 Å². The summed E-state index contributed by atoms with van der Waals surface area (Å²) >= 11 is 1.04. The number of phenolic OH excluding ortho intramolecular Hbond substituents is 1. The van der Waals surface area contributed by atoms with Crippen LogP contribution in [0.1, 0.15) is 5.56 Å². The fraction of sp³-hybridized carbons (Fsp3) is 0.182. The maximum atomic E-state index is 12.2. The number of halogens is 3. The summed E-state index contributed by atoms with van der Waals surface area (Å²) in [6.45, 7) is 0. The Morgan fingerprint density at radius 3 is 2.71 bits per heavy atom. The van der Waals surface area contributed by atoms with E-state index in [-0.39, 0.29) is 16.8 Å². The average Bonchev–Trinajstić information content (AvgIpc) is 2.85. The van der Waals surface area contributed by atoms with Crippen molar-refractivity contribution in [3.8, 4) is 11.5 Å². The fourth-order valence-corrected chi connectivity index (χ4v) is 2.20. The van der Waals surface area contributed by atoms with Gasteiger partial charge in [-0.15, -0.1) is 18.3 Å². The van der Waals surface area contributed by atoms with Crippen molar-refractivity contribution in [1.82, 2.24) is 5.32 Å². The zero-order chi connectivity index (χ0) is 17.9. The van der Waals surface area contributed by atoms with Crippen molar-refractivity contribution in [2.24, 2.45) is 10.2 Å². The summed E-state index contributed by atoms with van der Waals surface area (Å²) in [5.41, 5.74) is -1.41. The summed E-state index contributed by atoms with van der Waals surface area (Å²) in [5, 5.41) is 30.0. The van der Waals surface area contributed by atoms with Gasteiger partial charge in [-0.05, 0) is 6.07 Å². The second-order valence-corrected chi connectivity index (χ2v) is 5.14. The lowest BCUT2D eigenvalue weighted by atomic mass is 10.1. The van der Waals surface area contributed by atoms with Crippen LogP contribution in [0.25, 0.3) is 0 Å². The van der Waals surface area contributed by atoms with Crippen LogP contribution in [0.5, 0.6) is 11.5 Å². The number of nitrogens with zero attached hydrogens (tertiary/aromatic N) is 3. The monoisotopic (exact) mass is 364 g/mol. The molecule has 1 aromatic carbocycles. The molecule has 1 aliphatic heterocycles. The molecule has 0 bridgehead atoms. The Morgan fingerprint density at radius 1 is 1.46 bits per heavy atom. The summed E-state index contributed by atoms with van der Waals surface area (Å²) in [7, 11) is 0. The number of benzene rings is 1. The van der Waals surface area contributed by atoms with E-state index in [4.69, 9.17) is 0 Å². The SMILES string of the molecule is O=C1CSC(=NN=Cc2cc(OC(F)(F)F)cc([N+](=O)[O-])c2O)N1. The molecule has 0 unspecified atom stereocenters. The third-order valence-corrected chi connectivity index (χ3v) is 3.32. The predicted octanol–water partition coefficient (Wildman–Crippen LogP) is 1.75. The number of hydrogen-bond donors (Lipinski definition) is 2. The Labute approximate surface area is 135 Å². The molecule has 128 valence electrons. The van der Waals surface area contributed by atoms with Crippen molar-refractivity contribution >= 4 is 34.7 Å². The number of amidine groups is 1. The number of hydrogen-bond acceptors (Lipinski definition) is 8. The molecule has 1 aliphatic rings. The van der Waals surface area contributed by atoms with Crippen LogP contribution in [0.4, 0.5) is 18.9 Å². The Kier molecular flexibility index (Phi) is 4.92. The topological polar surface area (TPSA) is 126 Å². The van der Waals surface area contributed by atoms with Crippen molar-refractivity contribution < 1.29 is 32.7 Å². The highest BCUT2D eigenvalue weighted by atomic mass is 32.2. The molecule has 13 heteroatoms. The van der Waals surface area contributed by atoms with Gasteiger partial charge in [0, 0.05) is 5.56 Å². The smallest absolute Gasteiger partial charge is 0.502 e. The van der Waals surface area contributed by atoms with E-state index in [1.54, 1.807) is 0 Å². The number of nitro benzene ring substituents is 1. The van der Waals surface area contributed by atoms with E-state index in [1.807, 2.05) is 0 Å². The van der Waals surface area contributed by atoms with E-state index in [0.717, 1.165) is 18.0 Å². The van der Waals surface area contributed by atoms with Crippen LogP contribution >= 0.6 is 11.8 Å². The van der Waals surface area contributed by atoms with Gasteiger partial charge in [-0.3, -0.25) is 14.9 Å². The number of nitrogens with one attached hydrogen (secondary N) is 1. The van der Waals surface area contributed by atoms with Gasteiger partial charge in [-0.2, -0.15) is 5.10 Å². The average molecular weight is 364 g/mol. The van der Waals surface area contributed by atoms with Gasteiger partial charge in [0.15, 0.2) is 5.17 Å². The highest BCUT2D eigenvalue weighted by molar-refractivity contribution is 8.15. The molecule has 2 rings (SSSR count). The number of carbonyl (C=O) groups is 1. The number of alkyl halides is 3. The molecule has 0 radical (unpaired) electrons. The summed E-state index contributed by atoms with van der Waals surface area (Å²) in [4.78, 5) is 20.7. The Bertz CT molecular complexity index is 750. The van der Waals surface area contributed by atoms with Crippen molar-refractivity contribution in [3.63, 3.8) is 0 Å². The van der Waals surface area contributed by atoms with Crippen molar-refractivity contribution in [1.29, 1.82) is 0 Å². The van der Waals surface area contributed by atoms with Crippen molar-refractivity contribution in [3.05, 3.63) is 27.8 Å². The van der Waals surface area contributed by atoms with Crippen LogP contribution in [0.3, 0.4) is 0 Å². The fourth-order valence-electron chi connectivity index (χ4n) is 1.57. The van der Waals surface area contributed by atoms with Gasteiger partial charge in [0.25, 0.3) is 0 Å². The van der Waals surface area contributed by atoms with E-state index >= 15 is 0 Å². The lowest BCUT2D eigenvalue weighted by Gasteiger charge is -2.10. The molecule has 0 atom stereocenters. The van der Waals surface area contributed by atoms with Gasteiger partial charge in [-0.1, -0.05) is 11.8 Å². The van der Waals surface area contributed by atoms with E-state index in [1.165, 1.54) is 0 Å². The Balaban J connectivity index is 2.33. The van der Waals surface area contributed by atoms with Crippen LogP contribution in [-0.4, -0.2) is 39.4 Å². The lowest BCUT2D eigenvalue weighted by molar-refractivity contribution is -0.386. The molecule has 0 aromatic heterocycles. The first-order valence-electron chi connectivity index (χ1n) is 5.96. The minimum absolute atomic E-state index is 0.139. The predicted molar refractivity (Wildman–Crippen MR) is 77.1 cm³/mol. The lowest BCUT2D eigenvalue weighted by Crippen LogP contribution is -2.19. The summed E-state index contributed by atoms with van der Waals surface area (Å²) in [6, 6.07) is 1.14. The minimum atomic E-state index is -5.07. The first kappa shape index (κ1) is 17.5. The molecule has 9 nitrogen and oxygen atoms in total. The molecule has 1 aromatic rings. The molecule has 1 amide bonds. The van der Waals surface area contributed by atoms with Gasteiger partial charge in [0.05, 0.1) is 23.0 Å². The standard InChI is InChI=1S/C11H7F3N4O5S/c12-11(13,14)23-6-1-5(9(20)7(2-6)18(21)22)3-15-17-10-16-8(19)4-24-10/h1-3,20H,4H2,(H,16,17,19). The first-order valence-corrected chi connectivity index (χ1v) is 6.95. The zero-order valence-corrected chi connectivity index (χ0v) is 12.2. The van der Waals surface area contributed by atoms with Crippen LogP contribution in [0, 0.1) is 10.1 Å². The van der Waals surface area contributed by atoms with E-state index < -0.39 is 34.0 Å². The number of aromatic hydroxyl groups is 1. The normalized spacial score (nSPS) is 16.6. The highest BCUT2D eigenvalue weighted by Crippen LogP contribution is 2.35. The number of carbonyl (C=O) groups excluding carboxylic acids is 1. The molecule has 0 aliphatic carbocycles. The Hall–Kier alpha value is -2.83. The molecule has 1 saturated heterocycles. The molecule has 1 fully saturated rings. The van der Waals surface area contributed by atoms with Crippen LogP contribution < -0.4 is 10.1 Å². The van der Waals surface area contributed by atoms with Crippen molar-refractivity contribution in [2.45, 2.75) is 6.36 Å². The van der Waals surface area contributed by atoms with E-state index in [9.17, 15) is 33.2 Å². The number of amides is 1. The maximum Gasteiger partial charge on any atom is 0.573 e. The van der Waals surface area contributed by atoms with Gasteiger partial charge in [0.2, 0.25) is 11.7 Å². The summed E-state index contributed by atoms with van der Waals surface area (Å²) in [6.07, 6.45) is -4.27. The number of nitro groups is 1. The largest absolute Gasteiger partial charge is 0.573 e. The van der Waals surface area contributed by atoms with E-state index in [2.05, 4.69) is 20.3 Å². The molecular formula is C11H7F3N4O5S. The second-order valence-electron chi connectivity index (χ2n) is 4.17. The molecule has 1 heterocycles. The maximum absolute atomic E-state index is 12.2. The second kappa shape index (κ2) is 6.74. The van der Waals surface area contributed by atoms with Gasteiger partial charge in [-0.25, -0.2) is 0 Å². The molecule has 0 spiro atoms.